The summed E-state index contributed by atoms with van der Waals surface area (Å²) in [5, 5.41) is 0. The fourth-order valence-corrected chi connectivity index (χ4v) is 3.78. The van der Waals surface area contributed by atoms with Crippen molar-refractivity contribution in [1.29, 1.82) is 0 Å². The summed E-state index contributed by atoms with van der Waals surface area (Å²) in [7, 11) is 1.76. The Morgan fingerprint density at radius 2 is 1.53 bits per heavy atom. The lowest BCUT2D eigenvalue weighted by atomic mass is 9.97. The number of hydrogen-bond acceptors (Lipinski definition) is 2. The normalized spacial score (nSPS) is 13.2. The third-order valence-corrected chi connectivity index (χ3v) is 5.99. The predicted octanol–water partition coefficient (Wildman–Crippen LogP) is 7.04. The smallest absolute Gasteiger partial charge is 0.416 e. The minimum atomic E-state index is -4.39. The van der Waals surface area contributed by atoms with Gasteiger partial charge in [0.2, 0.25) is 5.91 Å². The van der Waals surface area contributed by atoms with Gasteiger partial charge in [-0.3, -0.25) is 4.79 Å². The molecule has 0 aliphatic rings. The molecular weight excluding hydrogens is 439 g/mol. The molecule has 0 saturated heterocycles. The largest absolute Gasteiger partial charge is 0.486 e. The Morgan fingerprint density at radius 3 is 2.09 bits per heavy atom. The Morgan fingerprint density at radius 1 is 0.912 bits per heavy atom. The van der Waals surface area contributed by atoms with E-state index in [1.165, 1.54) is 17.7 Å². The number of carbonyl (C=O) groups is 1. The van der Waals surface area contributed by atoms with Gasteiger partial charge in [0.25, 0.3) is 0 Å². The summed E-state index contributed by atoms with van der Waals surface area (Å²) in [5.74, 6) is 0.0766. The van der Waals surface area contributed by atoms with Gasteiger partial charge in [0.1, 0.15) is 11.9 Å². The lowest BCUT2D eigenvalue weighted by molar-refractivity contribution is -0.137. The van der Waals surface area contributed by atoms with Crippen LogP contribution in [0.15, 0.2) is 78.9 Å². The fraction of sp³-hybridized carbons (Fsp3) is 0.321. The maximum Gasteiger partial charge on any atom is 0.416 e. The van der Waals surface area contributed by atoms with Gasteiger partial charge in [0.05, 0.1) is 11.5 Å². The molecule has 1 unspecified atom stereocenters. The van der Waals surface area contributed by atoms with Gasteiger partial charge in [-0.15, -0.1) is 0 Å². The van der Waals surface area contributed by atoms with Crippen LogP contribution in [0.2, 0.25) is 0 Å². The third-order valence-electron chi connectivity index (χ3n) is 5.99. The molecule has 6 heteroatoms. The van der Waals surface area contributed by atoms with Crippen LogP contribution in [0.5, 0.6) is 5.75 Å². The fourth-order valence-electron chi connectivity index (χ4n) is 3.78. The van der Waals surface area contributed by atoms with E-state index < -0.39 is 17.8 Å². The van der Waals surface area contributed by atoms with E-state index in [9.17, 15) is 18.0 Å². The lowest BCUT2D eigenvalue weighted by Gasteiger charge is -2.25. The summed E-state index contributed by atoms with van der Waals surface area (Å²) >= 11 is 0. The number of likely N-dealkylation sites (N-methyl/N-ethyl adjacent to an activating group) is 1. The average molecular weight is 470 g/mol. The van der Waals surface area contributed by atoms with Gasteiger partial charge < -0.3 is 9.64 Å². The lowest BCUT2D eigenvalue weighted by Crippen LogP contribution is -2.32. The zero-order valence-corrected chi connectivity index (χ0v) is 19.7. The summed E-state index contributed by atoms with van der Waals surface area (Å²) in [6.07, 6.45) is -3.36. The maximum absolute atomic E-state index is 13.0. The van der Waals surface area contributed by atoms with Crippen LogP contribution in [0.4, 0.5) is 13.2 Å². The van der Waals surface area contributed by atoms with E-state index in [2.05, 4.69) is 6.92 Å². The van der Waals surface area contributed by atoms with Crippen molar-refractivity contribution in [3.8, 4) is 5.75 Å². The minimum absolute atomic E-state index is 0.00518. The quantitative estimate of drug-likeness (QED) is 0.336. The number of nitrogens with zero attached hydrogens (tertiary/aromatic N) is 1. The van der Waals surface area contributed by atoms with E-state index in [1.54, 1.807) is 11.9 Å². The van der Waals surface area contributed by atoms with E-state index in [0.717, 1.165) is 29.7 Å². The van der Waals surface area contributed by atoms with E-state index in [4.69, 9.17) is 4.74 Å². The summed E-state index contributed by atoms with van der Waals surface area (Å²) in [4.78, 5) is 14.7. The van der Waals surface area contributed by atoms with Gasteiger partial charge in [-0.1, -0.05) is 61.5 Å². The molecule has 0 fully saturated rings. The van der Waals surface area contributed by atoms with Gasteiger partial charge in [0, 0.05) is 20.0 Å². The van der Waals surface area contributed by atoms with Gasteiger partial charge in [-0.2, -0.15) is 13.2 Å². The van der Waals surface area contributed by atoms with Crippen molar-refractivity contribution in [3.63, 3.8) is 0 Å². The zero-order valence-electron chi connectivity index (χ0n) is 19.7. The molecule has 0 N–H and O–H groups in total. The topological polar surface area (TPSA) is 29.5 Å². The highest BCUT2D eigenvalue weighted by atomic mass is 19.4. The second-order valence-corrected chi connectivity index (χ2v) is 8.40. The Kier molecular flexibility index (Phi) is 8.37. The van der Waals surface area contributed by atoms with Crippen LogP contribution in [-0.4, -0.2) is 24.4 Å². The van der Waals surface area contributed by atoms with Crippen molar-refractivity contribution in [1.82, 2.24) is 4.90 Å². The monoisotopic (exact) mass is 469 g/mol. The van der Waals surface area contributed by atoms with Crippen LogP contribution in [0.25, 0.3) is 0 Å². The van der Waals surface area contributed by atoms with Crippen LogP contribution in [0.3, 0.4) is 0 Å². The van der Waals surface area contributed by atoms with Gasteiger partial charge >= 0.3 is 6.18 Å². The Balaban J connectivity index is 1.68. The van der Waals surface area contributed by atoms with Gasteiger partial charge in [-0.05, 0) is 54.3 Å². The molecule has 0 spiro atoms. The van der Waals surface area contributed by atoms with Crippen molar-refractivity contribution < 1.29 is 22.7 Å². The Bertz CT molecular complexity index is 1050. The van der Waals surface area contributed by atoms with Crippen LogP contribution < -0.4 is 4.74 Å². The molecule has 0 aliphatic heterocycles. The van der Waals surface area contributed by atoms with Crippen LogP contribution in [0.1, 0.15) is 54.5 Å². The molecule has 0 saturated carbocycles. The number of rotatable bonds is 9. The molecule has 3 aromatic carbocycles. The highest BCUT2D eigenvalue weighted by molar-refractivity contribution is 5.83. The number of ether oxygens (including phenoxy) is 1. The van der Waals surface area contributed by atoms with E-state index in [-0.39, 0.29) is 11.8 Å². The molecule has 0 radical (unpaired) electrons. The molecule has 0 bridgehead atoms. The van der Waals surface area contributed by atoms with E-state index >= 15 is 0 Å². The SMILES string of the molecule is CCc1ccc(C(C)C(=O)N(C)CC[C@@H](Oc2ccc(C(F)(F)F)cc2)c2ccccc2)cc1. The molecule has 3 nitrogen and oxygen atoms in total. The van der Waals surface area contributed by atoms with E-state index in [1.807, 2.05) is 61.5 Å². The summed E-state index contributed by atoms with van der Waals surface area (Å²) in [6.45, 7) is 4.43. The molecule has 3 rings (SSSR count). The molecule has 34 heavy (non-hydrogen) atoms. The van der Waals surface area contributed by atoms with Crippen LogP contribution in [-0.2, 0) is 17.4 Å². The number of amides is 1. The summed E-state index contributed by atoms with van der Waals surface area (Å²) < 4.78 is 44.7. The Labute approximate surface area is 199 Å². The average Bonchev–Trinajstić information content (AvgIpc) is 2.85. The summed E-state index contributed by atoms with van der Waals surface area (Å²) in [5.41, 5.74) is 2.37. The van der Waals surface area contributed by atoms with Crippen molar-refractivity contribution in [2.24, 2.45) is 0 Å². The van der Waals surface area contributed by atoms with Crippen molar-refractivity contribution in [3.05, 3.63) is 101 Å². The first kappa shape index (κ1) is 25.3. The molecule has 2 atom stereocenters. The Hall–Kier alpha value is -3.28. The molecule has 1 amide bonds. The van der Waals surface area contributed by atoms with Crippen molar-refractivity contribution in [2.75, 3.05) is 13.6 Å². The predicted molar refractivity (Wildman–Crippen MR) is 128 cm³/mol. The van der Waals surface area contributed by atoms with E-state index in [0.29, 0.717) is 18.7 Å². The first-order valence-corrected chi connectivity index (χ1v) is 11.4. The highest BCUT2D eigenvalue weighted by Gasteiger charge is 2.30. The number of halogens is 3. The first-order valence-electron chi connectivity index (χ1n) is 11.4. The molecular formula is C28H30F3NO2. The van der Waals surface area contributed by atoms with Crippen molar-refractivity contribution >= 4 is 5.91 Å². The highest BCUT2D eigenvalue weighted by Crippen LogP contribution is 2.32. The van der Waals surface area contributed by atoms with Crippen LogP contribution >= 0.6 is 0 Å². The van der Waals surface area contributed by atoms with Gasteiger partial charge in [0.15, 0.2) is 0 Å². The maximum atomic E-state index is 13.0. The van der Waals surface area contributed by atoms with Gasteiger partial charge in [-0.25, -0.2) is 0 Å². The number of hydrogen-bond donors (Lipinski definition) is 0. The third kappa shape index (κ3) is 6.62. The number of alkyl halides is 3. The number of benzene rings is 3. The second-order valence-electron chi connectivity index (χ2n) is 8.40. The molecule has 3 aromatic rings. The zero-order chi connectivity index (χ0) is 24.7. The minimum Gasteiger partial charge on any atom is -0.486 e. The second kappa shape index (κ2) is 11.2. The first-order chi connectivity index (χ1) is 16.2. The molecule has 180 valence electrons. The standard InChI is InChI=1S/C28H30F3NO2/c1-4-21-10-12-22(13-11-21)20(2)27(33)32(3)19-18-26(23-8-6-5-7-9-23)34-25-16-14-24(15-17-25)28(29,30)31/h5-17,20,26H,4,18-19H2,1-3H3/t20?,26-/m1/s1. The molecule has 0 heterocycles. The van der Waals surface area contributed by atoms with Crippen LogP contribution in [0, 0.1) is 0 Å². The van der Waals surface area contributed by atoms with Crippen molar-refractivity contribution in [2.45, 2.75) is 44.9 Å². The number of aryl methyl sites for hydroxylation is 1. The molecule has 0 aliphatic carbocycles. The molecule has 0 aromatic heterocycles. The summed E-state index contributed by atoms with van der Waals surface area (Å²) in [6, 6.07) is 22.2. The number of carbonyl (C=O) groups excluding carboxylic acids is 1.